The SMILES string of the molecule is CCc1c(C(=O)NCc2nc3ccccc3s2)c(=O)cc(C)n1CC1CCCN1CC. The van der Waals surface area contributed by atoms with Gasteiger partial charge in [-0.15, -0.1) is 11.3 Å². The molecule has 1 amide bonds. The molecule has 0 saturated carbocycles. The molecule has 1 aliphatic rings. The molecular weight excluding hydrogens is 408 g/mol. The summed E-state index contributed by atoms with van der Waals surface area (Å²) in [5.74, 6) is -0.311. The lowest BCUT2D eigenvalue weighted by Gasteiger charge is -2.27. The van der Waals surface area contributed by atoms with Gasteiger partial charge in [-0.1, -0.05) is 26.0 Å². The summed E-state index contributed by atoms with van der Waals surface area (Å²) >= 11 is 1.56. The predicted octanol–water partition coefficient (Wildman–Crippen LogP) is 3.74. The van der Waals surface area contributed by atoms with Gasteiger partial charge in [-0.25, -0.2) is 4.98 Å². The first-order chi connectivity index (χ1) is 15.0. The number of nitrogens with zero attached hydrogens (tertiary/aromatic N) is 3. The molecule has 1 aliphatic heterocycles. The first-order valence-electron chi connectivity index (χ1n) is 11.1. The molecule has 0 bridgehead atoms. The number of amides is 1. The molecule has 7 heteroatoms. The second-order valence-electron chi connectivity index (χ2n) is 8.12. The summed E-state index contributed by atoms with van der Waals surface area (Å²) in [6, 6.07) is 9.99. The average Bonchev–Trinajstić information content (AvgIpc) is 3.39. The van der Waals surface area contributed by atoms with Crippen molar-refractivity contribution < 1.29 is 4.79 Å². The van der Waals surface area contributed by atoms with Crippen molar-refractivity contribution in [1.29, 1.82) is 0 Å². The number of hydrogen-bond acceptors (Lipinski definition) is 5. The Morgan fingerprint density at radius 2 is 2.10 bits per heavy atom. The summed E-state index contributed by atoms with van der Waals surface area (Å²) in [7, 11) is 0. The van der Waals surface area contributed by atoms with E-state index < -0.39 is 0 Å². The number of para-hydroxylation sites is 1. The lowest BCUT2D eigenvalue weighted by Crippen LogP contribution is -2.37. The predicted molar refractivity (Wildman–Crippen MR) is 126 cm³/mol. The number of nitrogens with one attached hydrogen (secondary N) is 1. The quantitative estimate of drug-likeness (QED) is 0.610. The van der Waals surface area contributed by atoms with Crippen molar-refractivity contribution in [2.75, 3.05) is 13.1 Å². The summed E-state index contributed by atoms with van der Waals surface area (Å²) < 4.78 is 3.28. The minimum absolute atomic E-state index is 0.203. The van der Waals surface area contributed by atoms with E-state index in [9.17, 15) is 9.59 Å². The van der Waals surface area contributed by atoms with Crippen molar-refractivity contribution in [1.82, 2.24) is 19.8 Å². The minimum Gasteiger partial charge on any atom is -0.346 e. The summed E-state index contributed by atoms with van der Waals surface area (Å²) in [5, 5.41) is 3.77. The number of likely N-dealkylation sites (tertiary alicyclic amines) is 1. The Hall–Kier alpha value is -2.51. The zero-order valence-electron chi connectivity index (χ0n) is 18.5. The summed E-state index contributed by atoms with van der Waals surface area (Å²) in [6.45, 7) is 9.47. The van der Waals surface area contributed by atoms with Gasteiger partial charge in [0.15, 0.2) is 5.43 Å². The summed E-state index contributed by atoms with van der Waals surface area (Å²) in [5.41, 5.74) is 2.75. The van der Waals surface area contributed by atoms with Crippen LogP contribution < -0.4 is 10.7 Å². The number of hydrogen-bond donors (Lipinski definition) is 1. The molecule has 1 aromatic carbocycles. The number of rotatable bonds is 7. The van der Waals surface area contributed by atoms with Crippen LogP contribution in [0.25, 0.3) is 10.2 Å². The number of likely N-dealkylation sites (N-methyl/N-ethyl adjacent to an activating group) is 1. The van der Waals surface area contributed by atoms with Crippen molar-refractivity contribution in [3.63, 3.8) is 0 Å². The van der Waals surface area contributed by atoms with E-state index in [-0.39, 0.29) is 16.9 Å². The third-order valence-corrected chi connectivity index (χ3v) is 7.26. The van der Waals surface area contributed by atoms with Gasteiger partial charge in [0.2, 0.25) is 0 Å². The van der Waals surface area contributed by atoms with Gasteiger partial charge in [0, 0.05) is 30.0 Å². The third-order valence-electron chi connectivity index (χ3n) is 6.23. The van der Waals surface area contributed by atoms with Crippen LogP contribution in [0.4, 0.5) is 0 Å². The van der Waals surface area contributed by atoms with Crippen molar-refractivity contribution in [2.24, 2.45) is 0 Å². The van der Waals surface area contributed by atoms with Crippen LogP contribution in [0.1, 0.15) is 53.4 Å². The van der Waals surface area contributed by atoms with Crippen LogP contribution in [-0.4, -0.2) is 39.5 Å². The number of fused-ring (bicyclic) bond motifs is 1. The topological polar surface area (TPSA) is 67.2 Å². The molecule has 0 aliphatic carbocycles. The maximum atomic E-state index is 13.1. The number of aryl methyl sites for hydroxylation is 1. The summed E-state index contributed by atoms with van der Waals surface area (Å²) in [6.07, 6.45) is 3.00. The van der Waals surface area contributed by atoms with E-state index in [1.807, 2.05) is 38.1 Å². The molecule has 1 fully saturated rings. The van der Waals surface area contributed by atoms with E-state index in [0.717, 1.165) is 52.7 Å². The van der Waals surface area contributed by atoms with Crippen LogP contribution >= 0.6 is 11.3 Å². The van der Waals surface area contributed by atoms with Gasteiger partial charge in [0.25, 0.3) is 5.91 Å². The lowest BCUT2D eigenvalue weighted by molar-refractivity contribution is 0.0947. The van der Waals surface area contributed by atoms with Crippen molar-refractivity contribution >= 4 is 27.5 Å². The number of pyridine rings is 1. The standard InChI is InChI=1S/C24H30N4O2S/c1-4-19-23(24(30)25-14-22-26-18-10-6-7-11-21(18)31-22)20(29)13-16(3)28(19)15-17-9-8-12-27(17)5-2/h6-7,10-11,13,17H,4-5,8-9,12,14-15H2,1-3H3,(H,25,30). The van der Waals surface area contributed by atoms with Crippen LogP contribution in [0.15, 0.2) is 35.1 Å². The normalized spacial score (nSPS) is 16.8. The van der Waals surface area contributed by atoms with E-state index in [1.54, 1.807) is 17.4 Å². The van der Waals surface area contributed by atoms with Crippen molar-refractivity contribution in [3.8, 4) is 0 Å². The summed E-state index contributed by atoms with van der Waals surface area (Å²) in [4.78, 5) is 33.0. The zero-order chi connectivity index (χ0) is 22.0. The average molecular weight is 439 g/mol. The van der Waals surface area contributed by atoms with E-state index in [1.165, 1.54) is 6.42 Å². The fraction of sp³-hybridized carbons (Fsp3) is 0.458. The minimum atomic E-state index is -0.311. The van der Waals surface area contributed by atoms with E-state index in [4.69, 9.17) is 0 Å². The van der Waals surface area contributed by atoms with Gasteiger partial charge in [-0.3, -0.25) is 14.5 Å². The highest BCUT2D eigenvalue weighted by Crippen LogP contribution is 2.22. The second-order valence-corrected chi connectivity index (χ2v) is 9.23. The fourth-order valence-corrected chi connectivity index (χ4v) is 5.57. The van der Waals surface area contributed by atoms with Gasteiger partial charge < -0.3 is 9.88 Å². The van der Waals surface area contributed by atoms with Gasteiger partial charge in [0.1, 0.15) is 10.6 Å². The Balaban J connectivity index is 1.58. The molecule has 6 nitrogen and oxygen atoms in total. The van der Waals surface area contributed by atoms with Crippen LogP contribution in [0.5, 0.6) is 0 Å². The Kier molecular flexibility index (Phi) is 6.53. The molecule has 0 radical (unpaired) electrons. The van der Waals surface area contributed by atoms with Crippen LogP contribution in [0, 0.1) is 6.92 Å². The monoisotopic (exact) mass is 438 g/mol. The Morgan fingerprint density at radius 1 is 1.29 bits per heavy atom. The molecule has 1 unspecified atom stereocenters. The maximum Gasteiger partial charge on any atom is 0.257 e. The first kappa shape index (κ1) is 21.7. The zero-order valence-corrected chi connectivity index (χ0v) is 19.3. The molecule has 4 rings (SSSR count). The Bertz CT molecular complexity index is 1120. The first-order valence-corrected chi connectivity index (χ1v) is 11.9. The number of carbonyl (C=O) groups is 1. The lowest BCUT2D eigenvalue weighted by atomic mass is 10.1. The number of aromatic nitrogens is 2. The van der Waals surface area contributed by atoms with Crippen LogP contribution in [-0.2, 0) is 19.5 Å². The second kappa shape index (κ2) is 9.32. The Labute approximate surface area is 186 Å². The highest BCUT2D eigenvalue weighted by atomic mass is 32.1. The number of carbonyl (C=O) groups excluding carboxylic acids is 1. The molecule has 164 valence electrons. The molecule has 1 atom stereocenters. The highest BCUT2D eigenvalue weighted by Gasteiger charge is 2.26. The van der Waals surface area contributed by atoms with Crippen LogP contribution in [0.2, 0.25) is 0 Å². The van der Waals surface area contributed by atoms with E-state index in [2.05, 4.69) is 26.7 Å². The fourth-order valence-electron chi connectivity index (χ4n) is 4.66. The highest BCUT2D eigenvalue weighted by molar-refractivity contribution is 7.18. The molecule has 3 heterocycles. The molecule has 3 aromatic rings. The Morgan fingerprint density at radius 3 is 2.84 bits per heavy atom. The molecule has 0 spiro atoms. The molecular formula is C24H30N4O2S. The van der Waals surface area contributed by atoms with Crippen LogP contribution in [0.3, 0.4) is 0 Å². The largest absolute Gasteiger partial charge is 0.346 e. The molecule has 2 aromatic heterocycles. The van der Waals surface area contributed by atoms with Gasteiger partial charge in [-0.05, 0) is 51.4 Å². The van der Waals surface area contributed by atoms with E-state index in [0.29, 0.717) is 19.0 Å². The third kappa shape index (κ3) is 4.43. The number of benzene rings is 1. The van der Waals surface area contributed by atoms with Crippen molar-refractivity contribution in [2.45, 2.75) is 59.2 Å². The van der Waals surface area contributed by atoms with Crippen molar-refractivity contribution in [3.05, 3.63) is 62.5 Å². The van der Waals surface area contributed by atoms with Gasteiger partial charge >= 0.3 is 0 Å². The number of thiazole rings is 1. The van der Waals surface area contributed by atoms with Gasteiger partial charge in [0.05, 0.1) is 16.8 Å². The molecule has 1 saturated heterocycles. The molecule has 1 N–H and O–H groups in total. The van der Waals surface area contributed by atoms with E-state index >= 15 is 0 Å². The van der Waals surface area contributed by atoms with Gasteiger partial charge in [-0.2, -0.15) is 0 Å². The molecule has 31 heavy (non-hydrogen) atoms. The smallest absolute Gasteiger partial charge is 0.257 e. The maximum absolute atomic E-state index is 13.1.